The minimum Gasteiger partial charge on any atom is -0.329 e. The molecule has 0 saturated carbocycles. The summed E-state index contributed by atoms with van der Waals surface area (Å²) in [7, 11) is 0. The fourth-order valence-corrected chi connectivity index (χ4v) is 2.48. The summed E-state index contributed by atoms with van der Waals surface area (Å²) < 4.78 is 2.38. The van der Waals surface area contributed by atoms with Crippen LogP contribution in [0.25, 0.3) is 0 Å². The number of nitrogens with two attached hydrogens (primary N) is 1. The van der Waals surface area contributed by atoms with E-state index in [0.717, 1.165) is 12.2 Å². The van der Waals surface area contributed by atoms with Gasteiger partial charge >= 0.3 is 0 Å². The van der Waals surface area contributed by atoms with Crippen LogP contribution in [0.2, 0.25) is 0 Å². The topological polar surface area (TPSA) is 43.8 Å². The maximum absolute atomic E-state index is 5.87. The summed E-state index contributed by atoms with van der Waals surface area (Å²) in [6, 6.07) is 0.869. The molecule has 1 aliphatic rings. The van der Waals surface area contributed by atoms with Crippen molar-refractivity contribution in [3.63, 3.8) is 0 Å². The summed E-state index contributed by atoms with van der Waals surface area (Å²) >= 11 is 0. The van der Waals surface area contributed by atoms with Crippen LogP contribution in [0.3, 0.4) is 0 Å². The van der Waals surface area contributed by atoms with Gasteiger partial charge in [0.05, 0.1) is 0 Å². The summed E-state index contributed by atoms with van der Waals surface area (Å²) in [4.78, 5) is 4.38. The van der Waals surface area contributed by atoms with E-state index in [1.807, 2.05) is 6.20 Å². The first kappa shape index (κ1) is 9.71. The molecule has 1 aromatic heterocycles. The smallest absolute Gasteiger partial charge is 0.105 e. The molecule has 0 fully saturated rings. The molecule has 2 N–H and O–H groups in total. The molecule has 0 bridgehead atoms. The van der Waals surface area contributed by atoms with Gasteiger partial charge in [-0.3, -0.25) is 0 Å². The van der Waals surface area contributed by atoms with Gasteiger partial charge in [-0.1, -0.05) is 0 Å². The van der Waals surface area contributed by atoms with Crippen molar-refractivity contribution in [1.82, 2.24) is 9.55 Å². The van der Waals surface area contributed by atoms with E-state index in [1.165, 1.54) is 25.0 Å². The monoisotopic (exact) mass is 193 g/mol. The fourth-order valence-electron chi connectivity index (χ4n) is 2.48. The van der Waals surface area contributed by atoms with Crippen LogP contribution in [0.5, 0.6) is 0 Å². The molecule has 0 amide bonds. The highest BCUT2D eigenvalue weighted by Gasteiger charge is 2.22. The predicted octanol–water partition coefficient (Wildman–Crippen LogP) is 1.81. The number of rotatable bonds is 2. The third-order valence-electron chi connectivity index (χ3n) is 3.04. The van der Waals surface area contributed by atoms with Crippen LogP contribution in [0.4, 0.5) is 0 Å². The third-order valence-corrected chi connectivity index (χ3v) is 3.04. The summed E-state index contributed by atoms with van der Waals surface area (Å²) in [5.41, 5.74) is 7.25. The number of aromatic nitrogens is 2. The van der Waals surface area contributed by atoms with Crippen molar-refractivity contribution in [2.45, 2.75) is 51.6 Å². The molecular formula is C11H19N3. The summed E-state index contributed by atoms with van der Waals surface area (Å²) in [5, 5.41) is 0. The van der Waals surface area contributed by atoms with Gasteiger partial charge in [0.15, 0.2) is 0 Å². The zero-order valence-corrected chi connectivity index (χ0v) is 9.03. The normalized spacial score (nSPS) is 23.2. The lowest BCUT2D eigenvalue weighted by Crippen LogP contribution is -2.26. The summed E-state index contributed by atoms with van der Waals surface area (Å²) in [6.07, 6.45) is 6.80. The number of aryl methyl sites for hydroxylation is 2. The standard InChI is InChI=1S/C11H19N3/c1-8(12)6-10-4-3-5-11-7-13-9(2)14(10)11/h7-8,10H,3-6,12H2,1-2H3. The number of nitrogens with zero attached hydrogens (tertiary/aromatic N) is 2. The van der Waals surface area contributed by atoms with Crippen molar-refractivity contribution in [1.29, 1.82) is 0 Å². The highest BCUT2D eigenvalue weighted by molar-refractivity contribution is 5.09. The van der Waals surface area contributed by atoms with E-state index in [1.54, 1.807) is 0 Å². The van der Waals surface area contributed by atoms with Crippen LogP contribution in [0.1, 0.15) is 43.7 Å². The van der Waals surface area contributed by atoms with Crippen LogP contribution >= 0.6 is 0 Å². The first-order chi connectivity index (χ1) is 6.68. The number of imidazole rings is 1. The molecule has 0 radical (unpaired) electrons. The van der Waals surface area contributed by atoms with Crippen LogP contribution in [0.15, 0.2) is 6.20 Å². The Labute approximate surface area is 85.3 Å². The molecule has 14 heavy (non-hydrogen) atoms. The van der Waals surface area contributed by atoms with Crippen LogP contribution in [-0.2, 0) is 6.42 Å². The summed E-state index contributed by atoms with van der Waals surface area (Å²) in [6.45, 7) is 4.17. The van der Waals surface area contributed by atoms with E-state index in [-0.39, 0.29) is 6.04 Å². The van der Waals surface area contributed by atoms with E-state index >= 15 is 0 Å². The largest absolute Gasteiger partial charge is 0.329 e. The first-order valence-corrected chi connectivity index (χ1v) is 5.46. The van der Waals surface area contributed by atoms with E-state index in [0.29, 0.717) is 6.04 Å². The van der Waals surface area contributed by atoms with Gasteiger partial charge in [0.25, 0.3) is 0 Å². The molecule has 0 saturated heterocycles. The Balaban J connectivity index is 2.25. The minimum atomic E-state index is 0.285. The van der Waals surface area contributed by atoms with Gasteiger partial charge in [-0.2, -0.15) is 0 Å². The molecule has 1 aromatic rings. The second-order valence-corrected chi connectivity index (χ2v) is 4.43. The van der Waals surface area contributed by atoms with Crippen LogP contribution < -0.4 is 5.73 Å². The van der Waals surface area contributed by atoms with Gasteiger partial charge in [0.1, 0.15) is 5.82 Å². The molecule has 78 valence electrons. The van der Waals surface area contributed by atoms with Crippen LogP contribution in [0, 0.1) is 6.92 Å². The van der Waals surface area contributed by atoms with E-state index in [2.05, 4.69) is 23.4 Å². The second kappa shape index (κ2) is 3.73. The van der Waals surface area contributed by atoms with Crippen molar-refractivity contribution >= 4 is 0 Å². The van der Waals surface area contributed by atoms with Crippen molar-refractivity contribution < 1.29 is 0 Å². The highest BCUT2D eigenvalue weighted by Crippen LogP contribution is 2.29. The Morgan fingerprint density at radius 3 is 3.21 bits per heavy atom. The highest BCUT2D eigenvalue weighted by atomic mass is 15.1. The molecule has 3 heteroatoms. The maximum Gasteiger partial charge on any atom is 0.105 e. The molecule has 2 rings (SSSR count). The molecule has 2 heterocycles. The van der Waals surface area contributed by atoms with Gasteiger partial charge in [0, 0.05) is 24.0 Å². The first-order valence-electron chi connectivity index (χ1n) is 5.46. The van der Waals surface area contributed by atoms with Gasteiger partial charge < -0.3 is 10.3 Å². The number of hydrogen-bond donors (Lipinski definition) is 1. The third kappa shape index (κ3) is 1.69. The Morgan fingerprint density at radius 2 is 2.50 bits per heavy atom. The summed E-state index contributed by atoms with van der Waals surface area (Å²) in [5.74, 6) is 1.14. The molecule has 0 aromatic carbocycles. The fraction of sp³-hybridized carbons (Fsp3) is 0.727. The Kier molecular flexibility index (Phi) is 2.59. The van der Waals surface area contributed by atoms with E-state index in [4.69, 9.17) is 5.73 Å². The average molecular weight is 193 g/mol. The zero-order chi connectivity index (χ0) is 10.1. The lowest BCUT2D eigenvalue weighted by atomic mass is 9.97. The van der Waals surface area contributed by atoms with Gasteiger partial charge in [-0.25, -0.2) is 4.98 Å². The quantitative estimate of drug-likeness (QED) is 0.778. The van der Waals surface area contributed by atoms with Crippen molar-refractivity contribution in [3.05, 3.63) is 17.7 Å². The Bertz CT molecular complexity index is 314. The van der Waals surface area contributed by atoms with Gasteiger partial charge in [-0.05, 0) is 39.5 Å². The molecule has 3 nitrogen and oxygen atoms in total. The Morgan fingerprint density at radius 1 is 1.71 bits per heavy atom. The minimum absolute atomic E-state index is 0.285. The van der Waals surface area contributed by atoms with E-state index < -0.39 is 0 Å². The van der Waals surface area contributed by atoms with Gasteiger partial charge in [0.2, 0.25) is 0 Å². The number of fused-ring (bicyclic) bond motifs is 1. The zero-order valence-electron chi connectivity index (χ0n) is 9.03. The molecule has 2 atom stereocenters. The molecular weight excluding hydrogens is 174 g/mol. The molecule has 0 aliphatic carbocycles. The molecule has 0 spiro atoms. The lowest BCUT2D eigenvalue weighted by Gasteiger charge is -2.28. The van der Waals surface area contributed by atoms with E-state index in [9.17, 15) is 0 Å². The maximum atomic E-state index is 5.87. The van der Waals surface area contributed by atoms with Crippen molar-refractivity contribution in [2.24, 2.45) is 5.73 Å². The predicted molar refractivity (Wildman–Crippen MR) is 57.2 cm³/mol. The molecule has 1 aliphatic heterocycles. The van der Waals surface area contributed by atoms with Crippen molar-refractivity contribution in [3.8, 4) is 0 Å². The SMILES string of the molecule is Cc1ncc2n1C(CC(C)N)CCC2. The number of hydrogen-bond acceptors (Lipinski definition) is 2. The average Bonchev–Trinajstić information content (AvgIpc) is 2.48. The Hall–Kier alpha value is -0.830. The second-order valence-electron chi connectivity index (χ2n) is 4.43. The van der Waals surface area contributed by atoms with Gasteiger partial charge in [-0.15, -0.1) is 0 Å². The van der Waals surface area contributed by atoms with Crippen LogP contribution in [-0.4, -0.2) is 15.6 Å². The van der Waals surface area contributed by atoms with Crippen molar-refractivity contribution in [2.75, 3.05) is 0 Å². The lowest BCUT2D eigenvalue weighted by molar-refractivity contribution is 0.354. The molecule has 2 unspecified atom stereocenters.